The molecule has 0 heterocycles. The van der Waals surface area contributed by atoms with Crippen LogP contribution in [0.3, 0.4) is 0 Å². The molecule has 0 unspecified atom stereocenters. The van der Waals surface area contributed by atoms with Crippen molar-refractivity contribution in [1.82, 2.24) is 0 Å². The van der Waals surface area contributed by atoms with Gasteiger partial charge in [-0.05, 0) is 36.1 Å². The molecule has 1 aromatic rings. The zero-order chi connectivity index (χ0) is 13.2. The van der Waals surface area contributed by atoms with Crippen LogP contribution in [0.4, 0.5) is 5.69 Å². The van der Waals surface area contributed by atoms with Crippen molar-refractivity contribution in [2.24, 2.45) is 5.41 Å². The Morgan fingerprint density at radius 2 is 2.11 bits per heavy atom. The Morgan fingerprint density at radius 3 is 2.67 bits per heavy atom. The molecule has 0 saturated heterocycles. The number of methoxy groups -OCH3 is 1. The average molecular weight is 265 g/mol. The monoisotopic (exact) mass is 265 g/mol. The van der Waals surface area contributed by atoms with Crippen LogP contribution in [0, 0.1) is 5.41 Å². The predicted octanol–water partition coefficient (Wildman–Crippen LogP) is 2.76. The highest BCUT2D eigenvalue weighted by Crippen LogP contribution is 2.50. The maximum Gasteiger partial charge on any atom is 0.227 e. The Balaban J connectivity index is 2.10. The SMILES string of the molecule is COc1ccccc1N(C)C(=O)CC1(CS)CC1. The normalized spacial score (nSPS) is 16.2. The number of nitrogens with zero attached hydrogens (tertiary/aromatic N) is 1. The lowest BCUT2D eigenvalue weighted by molar-refractivity contribution is -0.119. The third-order valence-electron chi connectivity index (χ3n) is 3.64. The van der Waals surface area contributed by atoms with E-state index >= 15 is 0 Å². The second-order valence-electron chi connectivity index (χ2n) is 4.96. The van der Waals surface area contributed by atoms with Crippen molar-refractivity contribution in [2.45, 2.75) is 19.3 Å². The van der Waals surface area contributed by atoms with Gasteiger partial charge in [0.05, 0.1) is 12.8 Å². The Morgan fingerprint density at radius 1 is 1.44 bits per heavy atom. The summed E-state index contributed by atoms with van der Waals surface area (Å²) in [6, 6.07) is 7.57. The Kier molecular flexibility index (Phi) is 3.85. The van der Waals surface area contributed by atoms with Gasteiger partial charge in [-0.2, -0.15) is 12.6 Å². The lowest BCUT2D eigenvalue weighted by atomic mass is 10.0. The van der Waals surface area contributed by atoms with Crippen LogP contribution in [0.25, 0.3) is 0 Å². The number of rotatable bonds is 5. The van der Waals surface area contributed by atoms with Crippen molar-refractivity contribution < 1.29 is 9.53 Å². The van der Waals surface area contributed by atoms with Crippen molar-refractivity contribution in [3.05, 3.63) is 24.3 Å². The Labute approximate surface area is 114 Å². The molecule has 2 rings (SSSR count). The maximum absolute atomic E-state index is 12.3. The smallest absolute Gasteiger partial charge is 0.227 e. The third kappa shape index (κ3) is 2.64. The minimum absolute atomic E-state index is 0.131. The second-order valence-corrected chi connectivity index (χ2v) is 5.28. The van der Waals surface area contributed by atoms with E-state index in [0.29, 0.717) is 6.42 Å². The standard InChI is InChI=1S/C14H19NO2S/c1-15(11-5-3-4-6-12(11)17-2)13(16)9-14(10-18)7-8-14/h3-6,18H,7-10H2,1-2H3. The Bertz CT molecular complexity index is 443. The second kappa shape index (κ2) is 5.22. The highest BCUT2D eigenvalue weighted by atomic mass is 32.1. The highest BCUT2D eigenvalue weighted by molar-refractivity contribution is 7.80. The lowest BCUT2D eigenvalue weighted by Gasteiger charge is -2.22. The molecule has 0 aromatic heterocycles. The number of ether oxygens (including phenoxy) is 1. The predicted molar refractivity (Wildman–Crippen MR) is 76.5 cm³/mol. The van der Waals surface area contributed by atoms with Gasteiger partial charge in [0.25, 0.3) is 0 Å². The molecule has 1 amide bonds. The molecule has 3 nitrogen and oxygen atoms in total. The van der Waals surface area contributed by atoms with Crippen LogP contribution in [-0.4, -0.2) is 25.8 Å². The van der Waals surface area contributed by atoms with Crippen molar-refractivity contribution in [3.63, 3.8) is 0 Å². The number of benzene rings is 1. The number of hydrogen-bond donors (Lipinski definition) is 1. The molecule has 0 bridgehead atoms. The summed E-state index contributed by atoms with van der Waals surface area (Å²) < 4.78 is 5.28. The van der Waals surface area contributed by atoms with Gasteiger partial charge < -0.3 is 9.64 Å². The fourth-order valence-corrected chi connectivity index (χ4v) is 2.48. The summed E-state index contributed by atoms with van der Waals surface area (Å²) in [4.78, 5) is 13.9. The summed E-state index contributed by atoms with van der Waals surface area (Å²) in [5.41, 5.74) is 0.969. The minimum Gasteiger partial charge on any atom is -0.495 e. The van der Waals surface area contributed by atoms with Gasteiger partial charge >= 0.3 is 0 Å². The summed E-state index contributed by atoms with van der Waals surface area (Å²) in [6.07, 6.45) is 2.80. The maximum atomic E-state index is 12.3. The van der Waals surface area contributed by atoms with Crippen molar-refractivity contribution in [1.29, 1.82) is 0 Å². The van der Waals surface area contributed by atoms with Gasteiger partial charge in [0.2, 0.25) is 5.91 Å². The summed E-state index contributed by atoms with van der Waals surface area (Å²) in [6.45, 7) is 0. The largest absolute Gasteiger partial charge is 0.495 e. The number of hydrogen-bond acceptors (Lipinski definition) is 3. The molecular formula is C14H19NO2S. The first-order valence-corrected chi connectivity index (χ1v) is 6.75. The quantitative estimate of drug-likeness (QED) is 0.830. The zero-order valence-corrected chi connectivity index (χ0v) is 11.7. The zero-order valence-electron chi connectivity index (χ0n) is 10.8. The topological polar surface area (TPSA) is 29.5 Å². The van der Waals surface area contributed by atoms with Crippen LogP contribution in [0.15, 0.2) is 24.3 Å². The first kappa shape index (κ1) is 13.3. The summed E-state index contributed by atoms with van der Waals surface area (Å²) in [7, 11) is 3.42. The molecule has 4 heteroatoms. The third-order valence-corrected chi connectivity index (χ3v) is 4.31. The van der Waals surface area contributed by atoms with Gasteiger partial charge in [0.1, 0.15) is 5.75 Å². The molecule has 0 N–H and O–H groups in total. The Hall–Kier alpha value is -1.16. The van der Waals surface area contributed by atoms with E-state index in [9.17, 15) is 4.79 Å². The van der Waals surface area contributed by atoms with Crippen molar-refractivity contribution in [3.8, 4) is 5.75 Å². The van der Waals surface area contributed by atoms with E-state index in [1.165, 1.54) is 0 Å². The molecule has 1 aliphatic rings. The van der Waals surface area contributed by atoms with Crippen molar-refractivity contribution >= 4 is 24.2 Å². The van der Waals surface area contributed by atoms with Gasteiger partial charge in [-0.1, -0.05) is 12.1 Å². The number of carbonyl (C=O) groups excluding carboxylic acids is 1. The van der Waals surface area contributed by atoms with E-state index in [4.69, 9.17) is 4.74 Å². The molecule has 1 aliphatic carbocycles. The molecule has 98 valence electrons. The minimum atomic E-state index is 0.131. The van der Waals surface area contributed by atoms with Gasteiger partial charge in [-0.25, -0.2) is 0 Å². The molecule has 0 spiro atoms. The molecule has 1 fully saturated rings. The van der Waals surface area contributed by atoms with E-state index in [0.717, 1.165) is 30.0 Å². The number of para-hydroxylation sites is 2. The average Bonchev–Trinajstić information content (AvgIpc) is 3.18. The fraction of sp³-hybridized carbons (Fsp3) is 0.500. The van der Waals surface area contributed by atoms with Crippen LogP contribution in [-0.2, 0) is 4.79 Å². The molecule has 1 aromatic carbocycles. The van der Waals surface area contributed by atoms with Gasteiger partial charge in [-0.15, -0.1) is 0 Å². The number of carbonyl (C=O) groups is 1. The van der Waals surface area contributed by atoms with E-state index in [1.807, 2.05) is 24.3 Å². The van der Waals surface area contributed by atoms with Crippen LogP contribution in [0.2, 0.25) is 0 Å². The van der Waals surface area contributed by atoms with Crippen LogP contribution in [0.1, 0.15) is 19.3 Å². The van der Waals surface area contributed by atoms with Gasteiger partial charge in [0, 0.05) is 13.5 Å². The molecule has 0 radical (unpaired) electrons. The number of thiol groups is 1. The first-order chi connectivity index (χ1) is 8.62. The van der Waals surface area contributed by atoms with E-state index in [2.05, 4.69) is 12.6 Å². The lowest BCUT2D eigenvalue weighted by Crippen LogP contribution is -2.29. The van der Waals surface area contributed by atoms with E-state index < -0.39 is 0 Å². The van der Waals surface area contributed by atoms with Crippen LogP contribution in [0.5, 0.6) is 5.75 Å². The van der Waals surface area contributed by atoms with Crippen LogP contribution < -0.4 is 9.64 Å². The fourth-order valence-electron chi connectivity index (χ4n) is 2.05. The van der Waals surface area contributed by atoms with E-state index in [-0.39, 0.29) is 11.3 Å². The van der Waals surface area contributed by atoms with Gasteiger partial charge in [-0.3, -0.25) is 4.79 Å². The van der Waals surface area contributed by atoms with Crippen LogP contribution >= 0.6 is 12.6 Å². The van der Waals surface area contributed by atoms with E-state index in [1.54, 1.807) is 19.1 Å². The molecular weight excluding hydrogens is 246 g/mol. The van der Waals surface area contributed by atoms with Gasteiger partial charge in [0.15, 0.2) is 0 Å². The first-order valence-electron chi connectivity index (χ1n) is 6.12. The summed E-state index contributed by atoms with van der Waals surface area (Å²) in [5, 5.41) is 0. The number of amides is 1. The molecule has 18 heavy (non-hydrogen) atoms. The molecule has 0 aliphatic heterocycles. The van der Waals surface area contributed by atoms with Crippen molar-refractivity contribution in [2.75, 3.05) is 24.8 Å². The number of anilines is 1. The molecule has 0 atom stereocenters. The molecule has 1 saturated carbocycles. The summed E-state index contributed by atoms with van der Waals surface area (Å²) >= 11 is 4.34. The summed E-state index contributed by atoms with van der Waals surface area (Å²) in [5.74, 6) is 1.65. The highest BCUT2D eigenvalue weighted by Gasteiger charge is 2.43.